The second kappa shape index (κ2) is 8.85. The number of benzene rings is 2. The fourth-order valence-corrected chi connectivity index (χ4v) is 3.87. The Labute approximate surface area is 165 Å². The van der Waals surface area contributed by atoms with E-state index in [0.717, 1.165) is 48.6 Å². The Bertz CT molecular complexity index is 892. The highest BCUT2D eigenvalue weighted by Gasteiger charge is 2.28. The molecular weight excluding hydrogens is 350 g/mol. The van der Waals surface area contributed by atoms with Crippen LogP contribution < -0.4 is 10.6 Å². The molecule has 1 amide bonds. The minimum absolute atomic E-state index is 0.0771. The van der Waals surface area contributed by atoms with Gasteiger partial charge in [-0.15, -0.1) is 0 Å². The predicted octanol–water partition coefficient (Wildman–Crippen LogP) is 4.14. The summed E-state index contributed by atoms with van der Waals surface area (Å²) < 4.78 is 5.54. The quantitative estimate of drug-likeness (QED) is 0.680. The van der Waals surface area contributed by atoms with Crippen LogP contribution in [-0.4, -0.2) is 24.2 Å². The van der Waals surface area contributed by atoms with Crippen molar-refractivity contribution < 1.29 is 9.32 Å². The number of para-hydroxylation sites is 1. The van der Waals surface area contributed by atoms with Gasteiger partial charge in [-0.05, 0) is 49.9 Å². The molecule has 1 aliphatic rings. The molecule has 5 heteroatoms. The van der Waals surface area contributed by atoms with Crippen molar-refractivity contribution >= 4 is 11.6 Å². The van der Waals surface area contributed by atoms with Crippen LogP contribution in [0.5, 0.6) is 0 Å². The van der Waals surface area contributed by atoms with Gasteiger partial charge in [0.25, 0.3) is 0 Å². The lowest BCUT2D eigenvalue weighted by Crippen LogP contribution is -2.39. The molecule has 0 saturated carbocycles. The van der Waals surface area contributed by atoms with Gasteiger partial charge in [0.2, 0.25) is 5.91 Å². The lowest BCUT2D eigenvalue weighted by molar-refractivity contribution is -0.117. The zero-order valence-corrected chi connectivity index (χ0v) is 15.8. The highest BCUT2D eigenvalue weighted by molar-refractivity contribution is 5.90. The van der Waals surface area contributed by atoms with E-state index < -0.39 is 0 Å². The fraction of sp³-hybridized carbons (Fsp3) is 0.304. The largest absolute Gasteiger partial charge is 0.356 e. The summed E-state index contributed by atoms with van der Waals surface area (Å²) in [4.78, 5) is 12.5. The number of aromatic nitrogens is 1. The third kappa shape index (κ3) is 4.67. The summed E-state index contributed by atoms with van der Waals surface area (Å²) in [6.07, 6.45) is 2.34. The van der Waals surface area contributed by atoms with Gasteiger partial charge < -0.3 is 15.2 Å². The summed E-state index contributed by atoms with van der Waals surface area (Å²) in [7, 11) is 0. The van der Waals surface area contributed by atoms with Crippen LogP contribution in [-0.2, 0) is 11.2 Å². The molecule has 0 bridgehead atoms. The maximum atomic E-state index is 12.5. The molecule has 0 aliphatic carbocycles. The maximum absolute atomic E-state index is 12.5. The number of nitrogens with one attached hydrogen (secondary N) is 2. The third-order valence-corrected chi connectivity index (χ3v) is 5.36. The van der Waals surface area contributed by atoms with Crippen molar-refractivity contribution in [1.82, 2.24) is 10.5 Å². The zero-order chi connectivity index (χ0) is 19.2. The molecule has 2 N–H and O–H groups in total. The van der Waals surface area contributed by atoms with Gasteiger partial charge in [0.15, 0.2) is 5.76 Å². The van der Waals surface area contributed by atoms with Crippen molar-refractivity contribution in [1.29, 1.82) is 0 Å². The molecule has 1 aliphatic heterocycles. The van der Waals surface area contributed by atoms with Crippen LogP contribution in [0.25, 0.3) is 11.3 Å². The molecule has 0 radical (unpaired) electrons. The van der Waals surface area contributed by atoms with Gasteiger partial charge in [0, 0.05) is 23.7 Å². The SMILES string of the molecule is O=C(CC1CCNCC1Cc1cc(-c2ccccc2)on1)Nc1ccccc1. The molecule has 2 atom stereocenters. The predicted molar refractivity (Wildman–Crippen MR) is 110 cm³/mol. The summed E-state index contributed by atoms with van der Waals surface area (Å²) in [6, 6.07) is 21.7. The van der Waals surface area contributed by atoms with Gasteiger partial charge in [-0.1, -0.05) is 53.7 Å². The standard InChI is InChI=1S/C23H25N3O2/c27-23(25-20-9-5-2-6-10-20)14-18-11-12-24-16-19(18)13-21-15-22(28-26-21)17-7-3-1-4-8-17/h1-10,15,18-19,24H,11-14,16H2,(H,25,27). The molecule has 2 unspecified atom stereocenters. The van der Waals surface area contributed by atoms with E-state index in [1.54, 1.807) is 0 Å². The van der Waals surface area contributed by atoms with Crippen molar-refractivity contribution in [3.8, 4) is 11.3 Å². The Kier molecular flexibility index (Phi) is 5.83. The molecule has 28 heavy (non-hydrogen) atoms. The van der Waals surface area contributed by atoms with E-state index in [9.17, 15) is 4.79 Å². The molecular formula is C23H25N3O2. The summed E-state index contributed by atoms with van der Waals surface area (Å²) in [5, 5.41) is 10.7. The second-order valence-corrected chi connectivity index (χ2v) is 7.38. The first-order valence-corrected chi connectivity index (χ1v) is 9.84. The first kappa shape index (κ1) is 18.4. The lowest BCUT2D eigenvalue weighted by Gasteiger charge is -2.31. The molecule has 2 heterocycles. The van der Waals surface area contributed by atoms with Crippen molar-refractivity contribution in [2.75, 3.05) is 18.4 Å². The molecule has 3 aromatic rings. The molecule has 2 aromatic carbocycles. The van der Waals surface area contributed by atoms with Crippen molar-refractivity contribution in [2.24, 2.45) is 11.8 Å². The molecule has 5 nitrogen and oxygen atoms in total. The van der Waals surface area contributed by atoms with E-state index in [4.69, 9.17) is 4.52 Å². The number of carbonyl (C=O) groups excluding carboxylic acids is 1. The van der Waals surface area contributed by atoms with E-state index in [2.05, 4.69) is 15.8 Å². The third-order valence-electron chi connectivity index (χ3n) is 5.36. The lowest BCUT2D eigenvalue weighted by atomic mass is 9.81. The van der Waals surface area contributed by atoms with E-state index >= 15 is 0 Å². The average molecular weight is 375 g/mol. The normalized spacial score (nSPS) is 19.3. The van der Waals surface area contributed by atoms with Gasteiger partial charge in [0.1, 0.15) is 0 Å². The summed E-state index contributed by atoms with van der Waals surface area (Å²) in [5.41, 5.74) is 2.82. The van der Waals surface area contributed by atoms with Gasteiger partial charge >= 0.3 is 0 Å². The van der Waals surface area contributed by atoms with Crippen LogP contribution in [0, 0.1) is 11.8 Å². The Morgan fingerprint density at radius 3 is 2.61 bits per heavy atom. The van der Waals surface area contributed by atoms with E-state index in [1.165, 1.54) is 0 Å². The van der Waals surface area contributed by atoms with E-state index in [-0.39, 0.29) is 5.91 Å². The van der Waals surface area contributed by atoms with Gasteiger partial charge in [-0.2, -0.15) is 0 Å². The number of amides is 1. The van der Waals surface area contributed by atoms with Crippen LogP contribution in [0.3, 0.4) is 0 Å². The molecule has 1 aromatic heterocycles. The molecule has 144 valence electrons. The van der Waals surface area contributed by atoms with E-state index in [1.807, 2.05) is 66.7 Å². The van der Waals surface area contributed by atoms with Crippen LogP contribution in [0.2, 0.25) is 0 Å². The smallest absolute Gasteiger partial charge is 0.224 e. The van der Waals surface area contributed by atoms with Gasteiger partial charge in [-0.3, -0.25) is 4.79 Å². The van der Waals surface area contributed by atoms with Crippen LogP contribution in [0.4, 0.5) is 5.69 Å². The highest BCUT2D eigenvalue weighted by atomic mass is 16.5. The first-order valence-electron chi connectivity index (χ1n) is 9.84. The number of anilines is 1. The minimum Gasteiger partial charge on any atom is -0.356 e. The number of nitrogens with zero attached hydrogens (tertiary/aromatic N) is 1. The van der Waals surface area contributed by atoms with E-state index in [0.29, 0.717) is 18.3 Å². The Balaban J connectivity index is 1.39. The topological polar surface area (TPSA) is 67.2 Å². The first-order chi connectivity index (χ1) is 13.8. The number of rotatable bonds is 6. The zero-order valence-electron chi connectivity index (χ0n) is 15.8. The number of carbonyl (C=O) groups is 1. The van der Waals surface area contributed by atoms with Crippen molar-refractivity contribution in [2.45, 2.75) is 19.3 Å². The Morgan fingerprint density at radius 2 is 1.82 bits per heavy atom. The maximum Gasteiger partial charge on any atom is 0.224 e. The van der Waals surface area contributed by atoms with Crippen LogP contribution in [0.1, 0.15) is 18.5 Å². The highest BCUT2D eigenvalue weighted by Crippen LogP contribution is 2.28. The van der Waals surface area contributed by atoms with Crippen LogP contribution >= 0.6 is 0 Å². The van der Waals surface area contributed by atoms with Gasteiger partial charge in [0.05, 0.1) is 5.69 Å². The van der Waals surface area contributed by atoms with Crippen molar-refractivity contribution in [3.05, 3.63) is 72.4 Å². The Morgan fingerprint density at radius 1 is 1.07 bits per heavy atom. The molecule has 0 spiro atoms. The van der Waals surface area contributed by atoms with Gasteiger partial charge in [-0.25, -0.2) is 0 Å². The Hall–Kier alpha value is -2.92. The minimum atomic E-state index is 0.0771. The number of hydrogen-bond donors (Lipinski definition) is 2. The monoisotopic (exact) mass is 375 g/mol. The van der Waals surface area contributed by atoms with Crippen molar-refractivity contribution in [3.63, 3.8) is 0 Å². The summed E-state index contributed by atoms with van der Waals surface area (Å²) in [5.74, 6) is 1.57. The average Bonchev–Trinajstić information content (AvgIpc) is 3.19. The summed E-state index contributed by atoms with van der Waals surface area (Å²) in [6.45, 7) is 1.85. The fourth-order valence-electron chi connectivity index (χ4n) is 3.87. The molecule has 4 rings (SSSR count). The molecule has 1 saturated heterocycles. The molecule has 1 fully saturated rings. The number of hydrogen-bond acceptors (Lipinski definition) is 4. The summed E-state index contributed by atoms with van der Waals surface area (Å²) >= 11 is 0. The number of piperidine rings is 1. The van der Waals surface area contributed by atoms with Crippen LogP contribution in [0.15, 0.2) is 71.3 Å². The second-order valence-electron chi connectivity index (χ2n) is 7.38.